The standard InChI is InChI=1S/C12H24N4O/c1-8(2)16-11(10(13)9(3)15-16)14-6-12(4,5)7-17/h8,14,17H,6-7,13H2,1-5H3. The van der Waals surface area contributed by atoms with Gasteiger partial charge in [-0.25, -0.2) is 4.68 Å². The van der Waals surface area contributed by atoms with Crippen LogP contribution in [0.15, 0.2) is 0 Å². The van der Waals surface area contributed by atoms with Gasteiger partial charge in [0.25, 0.3) is 0 Å². The lowest BCUT2D eigenvalue weighted by Crippen LogP contribution is -2.28. The Morgan fingerprint density at radius 1 is 1.47 bits per heavy atom. The summed E-state index contributed by atoms with van der Waals surface area (Å²) in [6, 6.07) is 0.255. The van der Waals surface area contributed by atoms with Crippen LogP contribution in [-0.4, -0.2) is 28.0 Å². The van der Waals surface area contributed by atoms with Crippen LogP contribution in [0, 0.1) is 12.3 Å². The molecule has 4 N–H and O–H groups in total. The quantitative estimate of drug-likeness (QED) is 0.733. The Morgan fingerprint density at radius 2 is 2.06 bits per heavy atom. The van der Waals surface area contributed by atoms with Gasteiger partial charge in [0.15, 0.2) is 0 Å². The van der Waals surface area contributed by atoms with Gasteiger partial charge >= 0.3 is 0 Å². The zero-order valence-electron chi connectivity index (χ0n) is 11.4. The number of aliphatic hydroxyl groups excluding tert-OH is 1. The van der Waals surface area contributed by atoms with Crippen LogP contribution in [0.3, 0.4) is 0 Å². The highest BCUT2D eigenvalue weighted by Crippen LogP contribution is 2.26. The molecule has 5 heteroatoms. The van der Waals surface area contributed by atoms with Crippen LogP contribution in [0.1, 0.15) is 39.4 Å². The van der Waals surface area contributed by atoms with Gasteiger partial charge in [0.05, 0.1) is 11.4 Å². The molecule has 1 rings (SSSR count). The largest absolute Gasteiger partial charge is 0.396 e. The van der Waals surface area contributed by atoms with Crippen molar-refractivity contribution >= 4 is 11.5 Å². The Labute approximate surface area is 103 Å². The van der Waals surface area contributed by atoms with Crippen molar-refractivity contribution in [3.63, 3.8) is 0 Å². The molecule has 0 aliphatic heterocycles. The van der Waals surface area contributed by atoms with Crippen LogP contribution in [0.2, 0.25) is 0 Å². The lowest BCUT2D eigenvalue weighted by Gasteiger charge is -2.23. The van der Waals surface area contributed by atoms with Gasteiger partial charge in [-0.2, -0.15) is 5.10 Å². The fourth-order valence-corrected chi connectivity index (χ4v) is 1.49. The van der Waals surface area contributed by atoms with Crippen molar-refractivity contribution in [2.24, 2.45) is 5.41 Å². The van der Waals surface area contributed by atoms with Crippen LogP contribution in [-0.2, 0) is 0 Å². The molecule has 0 atom stereocenters. The van der Waals surface area contributed by atoms with Crippen molar-refractivity contribution in [3.8, 4) is 0 Å². The second-order valence-corrected chi connectivity index (χ2v) is 5.56. The van der Waals surface area contributed by atoms with E-state index in [0.717, 1.165) is 11.5 Å². The Morgan fingerprint density at radius 3 is 2.53 bits per heavy atom. The number of anilines is 2. The first-order chi connectivity index (χ1) is 7.78. The molecule has 0 unspecified atom stereocenters. The van der Waals surface area contributed by atoms with E-state index in [1.165, 1.54) is 0 Å². The van der Waals surface area contributed by atoms with Crippen molar-refractivity contribution in [1.29, 1.82) is 0 Å². The Kier molecular flexibility index (Phi) is 4.03. The number of hydrogen-bond donors (Lipinski definition) is 3. The van der Waals surface area contributed by atoms with Gasteiger partial charge < -0.3 is 16.2 Å². The average Bonchev–Trinajstić information content (AvgIpc) is 2.53. The van der Waals surface area contributed by atoms with E-state index in [-0.39, 0.29) is 18.1 Å². The van der Waals surface area contributed by atoms with E-state index in [1.807, 2.05) is 25.5 Å². The predicted octanol–water partition coefficient (Wildman–Crippen LogP) is 1.79. The number of nitrogens with one attached hydrogen (secondary N) is 1. The first kappa shape index (κ1) is 13.8. The molecule has 0 amide bonds. The summed E-state index contributed by atoms with van der Waals surface area (Å²) in [5.41, 5.74) is 7.35. The fraction of sp³-hybridized carbons (Fsp3) is 0.750. The molecule has 1 aromatic heterocycles. The van der Waals surface area contributed by atoms with E-state index in [4.69, 9.17) is 5.73 Å². The minimum Gasteiger partial charge on any atom is -0.396 e. The van der Waals surface area contributed by atoms with Crippen molar-refractivity contribution in [1.82, 2.24) is 9.78 Å². The summed E-state index contributed by atoms with van der Waals surface area (Å²) in [7, 11) is 0. The highest BCUT2D eigenvalue weighted by molar-refractivity contribution is 5.64. The van der Waals surface area contributed by atoms with E-state index in [0.29, 0.717) is 12.2 Å². The second kappa shape index (κ2) is 4.96. The molecule has 17 heavy (non-hydrogen) atoms. The highest BCUT2D eigenvalue weighted by Gasteiger charge is 2.20. The second-order valence-electron chi connectivity index (χ2n) is 5.56. The van der Waals surface area contributed by atoms with Gasteiger partial charge in [-0.05, 0) is 20.8 Å². The molecule has 1 aromatic rings. The average molecular weight is 240 g/mol. The van der Waals surface area contributed by atoms with Crippen LogP contribution in [0.4, 0.5) is 11.5 Å². The number of nitrogen functional groups attached to an aromatic ring is 1. The van der Waals surface area contributed by atoms with Crippen LogP contribution in [0.25, 0.3) is 0 Å². The molecule has 1 heterocycles. The molecule has 0 radical (unpaired) electrons. The van der Waals surface area contributed by atoms with Crippen molar-refractivity contribution in [3.05, 3.63) is 5.69 Å². The summed E-state index contributed by atoms with van der Waals surface area (Å²) in [6.07, 6.45) is 0. The molecular weight excluding hydrogens is 216 g/mol. The SMILES string of the molecule is Cc1nn(C(C)C)c(NCC(C)(C)CO)c1N. The number of nitrogens with zero attached hydrogens (tertiary/aromatic N) is 2. The monoisotopic (exact) mass is 240 g/mol. The maximum Gasteiger partial charge on any atom is 0.148 e. The number of aliphatic hydroxyl groups is 1. The number of aryl methyl sites for hydroxylation is 1. The topological polar surface area (TPSA) is 76.1 Å². The molecule has 0 aromatic carbocycles. The lowest BCUT2D eigenvalue weighted by atomic mass is 9.95. The molecule has 0 spiro atoms. The molecule has 5 nitrogen and oxygen atoms in total. The first-order valence-electron chi connectivity index (χ1n) is 5.98. The van der Waals surface area contributed by atoms with Gasteiger partial charge in [-0.15, -0.1) is 0 Å². The smallest absolute Gasteiger partial charge is 0.148 e. The predicted molar refractivity (Wildman–Crippen MR) is 71.1 cm³/mol. The number of aromatic nitrogens is 2. The maximum atomic E-state index is 9.23. The third-order valence-corrected chi connectivity index (χ3v) is 2.78. The Bertz CT molecular complexity index is 382. The summed E-state index contributed by atoms with van der Waals surface area (Å²) in [6.45, 7) is 10.8. The van der Waals surface area contributed by atoms with E-state index >= 15 is 0 Å². The Hall–Kier alpha value is -1.23. The van der Waals surface area contributed by atoms with Gasteiger partial charge in [-0.3, -0.25) is 0 Å². The van der Waals surface area contributed by atoms with E-state index < -0.39 is 0 Å². The number of rotatable bonds is 5. The van der Waals surface area contributed by atoms with Crippen LogP contribution >= 0.6 is 0 Å². The molecule has 0 aliphatic carbocycles. The van der Waals surface area contributed by atoms with Crippen molar-refractivity contribution in [2.75, 3.05) is 24.2 Å². The van der Waals surface area contributed by atoms with Gasteiger partial charge in [0.1, 0.15) is 5.82 Å². The molecule has 0 bridgehead atoms. The summed E-state index contributed by atoms with van der Waals surface area (Å²) in [5.74, 6) is 0.846. The Balaban J connectivity index is 2.90. The first-order valence-corrected chi connectivity index (χ1v) is 5.98. The molecule has 0 fully saturated rings. The lowest BCUT2D eigenvalue weighted by molar-refractivity contribution is 0.170. The van der Waals surface area contributed by atoms with E-state index in [1.54, 1.807) is 0 Å². The van der Waals surface area contributed by atoms with E-state index in [9.17, 15) is 5.11 Å². The van der Waals surface area contributed by atoms with E-state index in [2.05, 4.69) is 24.3 Å². The summed E-state index contributed by atoms with van der Waals surface area (Å²) in [5, 5.41) is 16.9. The minimum atomic E-state index is -0.174. The summed E-state index contributed by atoms with van der Waals surface area (Å²) in [4.78, 5) is 0. The van der Waals surface area contributed by atoms with Gasteiger partial charge in [-0.1, -0.05) is 13.8 Å². The van der Waals surface area contributed by atoms with Gasteiger partial charge in [0, 0.05) is 24.6 Å². The normalized spacial score (nSPS) is 12.2. The molecule has 0 saturated carbocycles. The molecule has 0 saturated heterocycles. The highest BCUT2D eigenvalue weighted by atomic mass is 16.3. The summed E-state index contributed by atoms with van der Waals surface area (Å²) >= 11 is 0. The molecule has 0 aliphatic rings. The molecule has 98 valence electrons. The van der Waals surface area contributed by atoms with Crippen molar-refractivity contribution in [2.45, 2.75) is 40.7 Å². The summed E-state index contributed by atoms with van der Waals surface area (Å²) < 4.78 is 1.89. The van der Waals surface area contributed by atoms with Crippen molar-refractivity contribution < 1.29 is 5.11 Å². The maximum absolute atomic E-state index is 9.23. The zero-order valence-corrected chi connectivity index (χ0v) is 11.4. The minimum absolute atomic E-state index is 0.134. The molecular formula is C12H24N4O. The third-order valence-electron chi connectivity index (χ3n) is 2.78. The fourth-order valence-electron chi connectivity index (χ4n) is 1.49. The van der Waals surface area contributed by atoms with Crippen LogP contribution < -0.4 is 11.1 Å². The number of hydrogen-bond acceptors (Lipinski definition) is 4. The number of nitrogens with two attached hydrogens (primary N) is 1. The van der Waals surface area contributed by atoms with Crippen LogP contribution in [0.5, 0.6) is 0 Å². The zero-order chi connectivity index (χ0) is 13.2. The van der Waals surface area contributed by atoms with Gasteiger partial charge in [0.2, 0.25) is 0 Å². The third kappa shape index (κ3) is 3.12.